The van der Waals surface area contributed by atoms with Crippen LogP contribution in [0.3, 0.4) is 0 Å². The molecule has 160 valence electrons. The van der Waals surface area contributed by atoms with Gasteiger partial charge >= 0.3 is 0 Å². The van der Waals surface area contributed by atoms with Gasteiger partial charge in [0.15, 0.2) is 5.96 Å². The van der Waals surface area contributed by atoms with Crippen molar-refractivity contribution in [2.24, 2.45) is 4.99 Å². The van der Waals surface area contributed by atoms with Gasteiger partial charge in [0.2, 0.25) is 0 Å². The van der Waals surface area contributed by atoms with Crippen LogP contribution in [0.15, 0.2) is 23.2 Å². The van der Waals surface area contributed by atoms with Crippen LogP contribution in [-0.4, -0.2) is 62.1 Å². The van der Waals surface area contributed by atoms with E-state index >= 15 is 0 Å². The van der Waals surface area contributed by atoms with Crippen LogP contribution in [0.25, 0.3) is 0 Å². The van der Waals surface area contributed by atoms with Crippen molar-refractivity contribution in [2.75, 3.05) is 40.8 Å². The van der Waals surface area contributed by atoms with Gasteiger partial charge in [-0.25, -0.2) is 4.39 Å². The molecule has 7 heteroatoms. The predicted octanol–water partition coefficient (Wildman–Crippen LogP) is 3.43. The predicted molar refractivity (Wildman–Crippen MR) is 127 cm³/mol. The molecular formula is C21H37FIN5. The summed E-state index contributed by atoms with van der Waals surface area (Å²) in [5.74, 6) is 0.622. The molecule has 2 rings (SSSR count). The van der Waals surface area contributed by atoms with Gasteiger partial charge in [-0.2, -0.15) is 0 Å². The van der Waals surface area contributed by atoms with Crippen LogP contribution in [-0.2, 0) is 13.1 Å². The summed E-state index contributed by atoms with van der Waals surface area (Å²) in [6.07, 6.45) is 3.92. The average molecular weight is 505 g/mol. The Morgan fingerprint density at radius 3 is 2.46 bits per heavy atom. The van der Waals surface area contributed by atoms with Gasteiger partial charge in [0.1, 0.15) is 5.82 Å². The third-order valence-corrected chi connectivity index (χ3v) is 5.18. The van der Waals surface area contributed by atoms with Gasteiger partial charge in [0, 0.05) is 37.8 Å². The van der Waals surface area contributed by atoms with Gasteiger partial charge in [-0.05, 0) is 71.6 Å². The molecule has 1 saturated heterocycles. The number of guanidine groups is 1. The summed E-state index contributed by atoms with van der Waals surface area (Å²) in [6.45, 7) is 8.96. The highest BCUT2D eigenvalue weighted by Crippen LogP contribution is 2.19. The number of piperidine rings is 1. The standard InChI is InChI=1S/C21H36FN5.HI/c1-21(2,27-11-7-6-8-12-27)16-25-20(23-3)24-14-17-9-10-19(22)18(13-17)15-26(4)5;/h9-10,13H,6-8,11-12,14-16H2,1-5H3,(H2,23,24,25);1H. The topological polar surface area (TPSA) is 42.9 Å². The third-order valence-electron chi connectivity index (χ3n) is 5.18. The van der Waals surface area contributed by atoms with Crippen molar-refractivity contribution in [2.45, 2.75) is 51.7 Å². The van der Waals surface area contributed by atoms with Crippen molar-refractivity contribution in [3.8, 4) is 0 Å². The first-order chi connectivity index (χ1) is 12.8. The Morgan fingerprint density at radius 2 is 1.86 bits per heavy atom. The molecule has 2 N–H and O–H groups in total. The highest BCUT2D eigenvalue weighted by atomic mass is 127. The minimum Gasteiger partial charge on any atom is -0.355 e. The SMILES string of the molecule is CN=C(NCc1ccc(F)c(CN(C)C)c1)NCC(C)(C)N1CCCCC1.I. The molecule has 0 radical (unpaired) electrons. The summed E-state index contributed by atoms with van der Waals surface area (Å²) in [4.78, 5) is 8.86. The van der Waals surface area contributed by atoms with E-state index in [0.29, 0.717) is 18.7 Å². The largest absolute Gasteiger partial charge is 0.355 e. The van der Waals surface area contributed by atoms with E-state index in [9.17, 15) is 4.39 Å². The van der Waals surface area contributed by atoms with Crippen LogP contribution in [0.2, 0.25) is 0 Å². The minimum absolute atomic E-state index is 0. The number of hydrogen-bond acceptors (Lipinski definition) is 3. The molecular weight excluding hydrogens is 468 g/mol. The van der Waals surface area contributed by atoms with Gasteiger partial charge in [0.05, 0.1) is 0 Å². The number of nitrogens with zero attached hydrogens (tertiary/aromatic N) is 3. The second kappa shape index (κ2) is 11.9. The second-order valence-corrected chi connectivity index (χ2v) is 8.30. The molecule has 1 fully saturated rings. The highest BCUT2D eigenvalue weighted by Gasteiger charge is 2.27. The molecule has 0 aromatic heterocycles. The molecule has 0 aliphatic carbocycles. The summed E-state index contributed by atoms with van der Waals surface area (Å²) in [6, 6.07) is 5.30. The fourth-order valence-electron chi connectivity index (χ4n) is 3.52. The van der Waals surface area contributed by atoms with Gasteiger partial charge < -0.3 is 15.5 Å². The highest BCUT2D eigenvalue weighted by molar-refractivity contribution is 14.0. The first-order valence-corrected chi connectivity index (χ1v) is 9.93. The second-order valence-electron chi connectivity index (χ2n) is 8.30. The molecule has 5 nitrogen and oxygen atoms in total. The van der Waals surface area contributed by atoms with Crippen LogP contribution in [0.5, 0.6) is 0 Å². The maximum absolute atomic E-state index is 13.9. The number of benzene rings is 1. The van der Waals surface area contributed by atoms with Crippen LogP contribution < -0.4 is 10.6 Å². The number of aliphatic imine (C=N–C) groups is 1. The Labute approximate surface area is 187 Å². The van der Waals surface area contributed by atoms with Gasteiger partial charge in [-0.1, -0.05) is 12.5 Å². The molecule has 28 heavy (non-hydrogen) atoms. The summed E-state index contributed by atoms with van der Waals surface area (Å²) in [5.41, 5.74) is 1.85. The first kappa shape index (κ1) is 25.1. The number of likely N-dealkylation sites (tertiary alicyclic amines) is 1. The Kier molecular flexibility index (Phi) is 10.7. The normalized spacial score (nSPS) is 16.0. The van der Waals surface area contributed by atoms with E-state index in [0.717, 1.165) is 18.1 Å². The molecule has 0 spiro atoms. The molecule has 0 amide bonds. The van der Waals surface area contributed by atoms with E-state index in [4.69, 9.17) is 0 Å². The quantitative estimate of drug-likeness (QED) is 0.339. The molecule has 1 heterocycles. The average Bonchev–Trinajstić information content (AvgIpc) is 2.64. The first-order valence-electron chi connectivity index (χ1n) is 9.93. The van der Waals surface area contributed by atoms with E-state index in [1.165, 1.54) is 32.4 Å². The maximum atomic E-state index is 13.9. The van der Waals surface area contributed by atoms with Crippen molar-refractivity contribution in [3.05, 3.63) is 35.1 Å². The Balaban J connectivity index is 0.00000392. The summed E-state index contributed by atoms with van der Waals surface area (Å²) < 4.78 is 13.9. The van der Waals surface area contributed by atoms with E-state index in [1.807, 2.05) is 31.1 Å². The zero-order valence-corrected chi connectivity index (χ0v) is 20.3. The maximum Gasteiger partial charge on any atom is 0.191 e. The van der Waals surface area contributed by atoms with Crippen molar-refractivity contribution in [1.82, 2.24) is 20.4 Å². The lowest BCUT2D eigenvalue weighted by molar-refractivity contribution is 0.0982. The molecule has 0 unspecified atom stereocenters. The lowest BCUT2D eigenvalue weighted by atomic mass is 9.98. The molecule has 0 atom stereocenters. The third kappa shape index (κ3) is 7.83. The lowest BCUT2D eigenvalue weighted by Crippen LogP contribution is -2.54. The van der Waals surface area contributed by atoms with Gasteiger partial charge in [-0.15, -0.1) is 24.0 Å². The van der Waals surface area contributed by atoms with Crippen molar-refractivity contribution >= 4 is 29.9 Å². The molecule has 1 aromatic rings. The molecule has 1 aliphatic heterocycles. The summed E-state index contributed by atoms with van der Waals surface area (Å²) >= 11 is 0. The monoisotopic (exact) mass is 505 g/mol. The van der Waals surface area contributed by atoms with E-state index in [1.54, 1.807) is 13.1 Å². The van der Waals surface area contributed by atoms with E-state index < -0.39 is 0 Å². The summed E-state index contributed by atoms with van der Waals surface area (Å²) in [5, 5.41) is 6.80. The van der Waals surface area contributed by atoms with Crippen molar-refractivity contribution in [1.29, 1.82) is 0 Å². The molecule has 1 aromatic carbocycles. The van der Waals surface area contributed by atoms with Crippen LogP contribution in [0.4, 0.5) is 4.39 Å². The fourth-order valence-corrected chi connectivity index (χ4v) is 3.52. The van der Waals surface area contributed by atoms with Crippen LogP contribution in [0, 0.1) is 5.82 Å². The number of halogens is 2. The fraction of sp³-hybridized carbons (Fsp3) is 0.667. The molecule has 1 aliphatic rings. The minimum atomic E-state index is -0.154. The summed E-state index contributed by atoms with van der Waals surface area (Å²) in [7, 11) is 5.67. The number of rotatable bonds is 7. The van der Waals surface area contributed by atoms with Gasteiger partial charge in [0.25, 0.3) is 0 Å². The zero-order chi connectivity index (χ0) is 19.9. The molecule has 0 bridgehead atoms. The lowest BCUT2D eigenvalue weighted by Gasteiger charge is -2.41. The Morgan fingerprint density at radius 1 is 1.18 bits per heavy atom. The Hall–Kier alpha value is -0.930. The molecule has 0 saturated carbocycles. The van der Waals surface area contributed by atoms with Crippen LogP contribution >= 0.6 is 24.0 Å². The van der Waals surface area contributed by atoms with Gasteiger partial charge in [-0.3, -0.25) is 9.89 Å². The number of nitrogens with one attached hydrogen (secondary N) is 2. The van der Waals surface area contributed by atoms with E-state index in [-0.39, 0.29) is 35.3 Å². The smallest absolute Gasteiger partial charge is 0.191 e. The van der Waals surface area contributed by atoms with Crippen molar-refractivity contribution in [3.63, 3.8) is 0 Å². The van der Waals surface area contributed by atoms with Crippen LogP contribution in [0.1, 0.15) is 44.2 Å². The van der Waals surface area contributed by atoms with Crippen molar-refractivity contribution < 1.29 is 4.39 Å². The zero-order valence-electron chi connectivity index (χ0n) is 18.0. The van der Waals surface area contributed by atoms with E-state index in [2.05, 4.69) is 34.4 Å². The number of hydrogen-bond donors (Lipinski definition) is 2. The Bertz CT molecular complexity index is 627.